The number of aromatic nitrogens is 1. The highest BCUT2D eigenvalue weighted by atomic mass is 32.1. The van der Waals surface area contributed by atoms with Gasteiger partial charge >= 0.3 is 0 Å². The second-order valence-corrected chi connectivity index (χ2v) is 5.14. The molecular formula is C16H12FNOS. The van der Waals surface area contributed by atoms with Crippen LogP contribution >= 0.6 is 11.3 Å². The molecule has 1 aromatic heterocycles. The number of rotatable bonds is 3. The zero-order valence-electron chi connectivity index (χ0n) is 10.8. The smallest absolute Gasteiger partial charge is 0.124 e. The Kier molecular flexibility index (Phi) is 3.48. The van der Waals surface area contributed by atoms with Gasteiger partial charge in [0.1, 0.15) is 16.6 Å². The zero-order chi connectivity index (χ0) is 13.9. The fourth-order valence-corrected chi connectivity index (χ4v) is 2.77. The first kappa shape index (κ1) is 12.8. The molecule has 3 rings (SSSR count). The van der Waals surface area contributed by atoms with Crippen LogP contribution in [-0.4, -0.2) is 12.1 Å². The maximum atomic E-state index is 13.2. The third kappa shape index (κ3) is 2.56. The van der Waals surface area contributed by atoms with E-state index in [0.29, 0.717) is 0 Å². The standard InChI is InChI=1S/C16H12FNOS/c1-19-14-7-3-5-12(9-14)16-18-15(10-20-16)11-4-2-6-13(17)8-11/h2-10H,1H3. The number of thiazole rings is 1. The van der Waals surface area contributed by atoms with E-state index in [2.05, 4.69) is 4.98 Å². The first-order valence-electron chi connectivity index (χ1n) is 6.12. The molecule has 0 amide bonds. The molecule has 0 aliphatic carbocycles. The van der Waals surface area contributed by atoms with E-state index in [1.54, 1.807) is 13.2 Å². The van der Waals surface area contributed by atoms with Crippen LogP contribution in [0.2, 0.25) is 0 Å². The van der Waals surface area contributed by atoms with Crippen molar-refractivity contribution in [2.45, 2.75) is 0 Å². The summed E-state index contributed by atoms with van der Waals surface area (Å²) in [7, 11) is 1.64. The summed E-state index contributed by atoms with van der Waals surface area (Å²) < 4.78 is 18.5. The van der Waals surface area contributed by atoms with Gasteiger partial charge in [0.05, 0.1) is 12.8 Å². The molecule has 0 bridgehead atoms. The quantitative estimate of drug-likeness (QED) is 0.700. The van der Waals surface area contributed by atoms with Gasteiger partial charge in [-0.05, 0) is 24.3 Å². The van der Waals surface area contributed by atoms with E-state index < -0.39 is 0 Å². The fourth-order valence-electron chi connectivity index (χ4n) is 1.94. The van der Waals surface area contributed by atoms with Crippen LogP contribution in [0.25, 0.3) is 21.8 Å². The van der Waals surface area contributed by atoms with E-state index in [-0.39, 0.29) is 5.82 Å². The SMILES string of the molecule is COc1cccc(-c2nc(-c3cccc(F)c3)cs2)c1. The van der Waals surface area contributed by atoms with Crippen LogP contribution in [0.1, 0.15) is 0 Å². The molecule has 4 heteroatoms. The number of benzene rings is 2. The molecule has 0 aliphatic rings. The van der Waals surface area contributed by atoms with E-state index in [9.17, 15) is 4.39 Å². The number of hydrogen-bond acceptors (Lipinski definition) is 3. The summed E-state index contributed by atoms with van der Waals surface area (Å²) in [6.45, 7) is 0. The minimum atomic E-state index is -0.251. The third-order valence-corrected chi connectivity index (χ3v) is 3.83. The van der Waals surface area contributed by atoms with Crippen molar-refractivity contribution in [2.24, 2.45) is 0 Å². The minimum absolute atomic E-state index is 0.251. The van der Waals surface area contributed by atoms with Gasteiger partial charge in [-0.2, -0.15) is 0 Å². The molecule has 20 heavy (non-hydrogen) atoms. The highest BCUT2D eigenvalue weighted by molar-refractivity contribution is 7.13. The van der Waals surface area contributed by atoms with Crippen LogP contribution in [0.5, 0.6) is 5.75 Å². The van der Waals surface area contributed by atoms with Crippen LogP contribution in [0.3, 0.4) is 0 Å². The fraction of sp³-hybridized carbons (Fsp3) is 0.0625. The summed E-state index contributed by atoms with van der Waals surface area (Å²) in [5.74, 6) is 0.545. The summed E-state index contributed by atoms with van der Waals surface area (Å²) in [5.41, 5.74) is 2.57. The van der Waals surface area contributed by atoms with E-state index in [4.69, 9.17) is 4.74 Å². The van der Waals surface area contributed by atoms with Gasteiger partial charge in [-0.25, -0.2) is 9.37 Å². The molecule has 0 saturated heterocycles. The summed E-state index contributed by atoms with van der Waals surface area (Å²) in [4.78, 5) is 4.56. The van der Waals surface area contributed by atoms with Crippen molar-refractivity contribution in [3.05, 3.63) is 59.7 Å². The maximum absolute atomic E-state index is 13.2. The van der Waals surface area contributed by atoms with Gasteiger partial charge in [-0.1, -0.05) is 24.3 Å². The van der Waals surface area contributed by atoms with Crippen molar-refractivity contribution in [2.75, 3.05) is 7.11 Å². The van der Waals surface area contributed by atoms with E-state index in [1.807, 2.05) is 35.7 Å². The Morgan fingerprint density at radius 1 is 1.05 bits per heavy atom. The molecule has 2 nitrogen and oxygen atoms in total. The van der Waals surface area contributed by atoms with Crippen LogP contribution in [0.4, 0.5) is 4.39 Å². The van der Waals surface area contributed by atoms with Crippen LogP contribution in [0, 0.1) is 5.82 Å². The van der Waals surface area contributed by atoms with Crippen LogP contribution in [0.15, 0.2) is 53.9 Å². The maximum Gasteiger partial charge on any atom is 0.124 e. The molecule has 100 valence electrons. The lowest BCUT2D eigenvalue weighted by molar-refractivity contribution is 0.415. The highest BCUT2D eigenvalue weighted by Crippen LogP contribution is 2.30. The highest BCUT2D eigenvalue weighted by Gasteiger charge is 2.08. The van der Waals surface area contributed by atoms with Crippen molar-refractivity contribution in [1.82, 2.24) is 4.98 Å². The Morgan fingerprint density at radius 2 is 1.85 bits per heavy atom. The molecule has 1 heterocycles. The van der Waals surface area contributed by atoms with Crippen molar-refractivity contribution in [3.8, 4) is 27.6 Å². The normalized spacial score (nSPS) is 10.5. The summed E-state index contributed by atoms with van der Waals surface area (Å²) in [6.07, 6.45) is 0. The molecule has 0 aliphatic heterocycles. The number of nitrogens with zero attached hydrogens (tertiary/aromatic N) is 1. The molecule has 0 unspecified atom stereocenters. The van der Waals surface area contributed by atoms with E-state index in [0.717, 1.165) is 27.6 Å². The number of hydrogen-bond donors (Lipinski definition) is 0. The summed E-state index contributed by atoms with van der Waals surface area (Å²) in [5, 5.41) is 2.83. The van der Waals surface area contributed by atoms with Crippen LogP contribution in [-0.2, 0) is 0 Å². The molecular weight excluding hydrogens is 273 g/mol. The zero-order valence-corrected chi connectivity index (χ0v) is 11.7. The molecule has 3 aromatic rings. The van der Waals surface area contributed by atoms with Crippen molar-refractivity contribution in [3.63, 3.8) is 0 Å². The monoisotopic (exact) mass is 285 g/mol. The van der Waals surface area contributed by atoms with E-state index in [1.165, 1.54) is 23.5 Å². The first-order valence-corrected chi connectivity index (χ1v) is 7.00. The van der Waals surface area contributed by atoms with Crippen molar-refractivity contribution < 1.29 is 9.13 Å². The largest absolute Gasteiger partial charge is 0.497 e. The van der Waals surface area contributed by atoms with Crippen molar-refractivity contribution in [1.29, 1.82) is 0 Å². The molecule has 0 fully saturated rings. The topological polar surface area (TPSA) is 22.1 Å². The Labute approximate surface area is 120 Å². The Morgan fingerprint density at radius 3 is 2.65 bits per heavy atom. The average Bonchev–Trinajstić information content (AvgIpc) is 2.97. The van der Waals surface area contributed by atoms with Gasteiger partial charge in [-0.3, -0.25) is 0 Å². The average molecular weight is 285 g/mol. The van der Waals surface area contributed by atoms with Gasteiger partial charge in [0.15, 0.2) is 0 Å². The van der Waals surface area contributed by atoms with E-state index >= 15 is 0 Å². The van der Waals surface area contributed by atoms with Crippen molar-refractivity contribution >= 4 is 11.3 Å². The Balaban J connectivity index is 1.97. The summed E-state index contributed by atoms with van der Waals surface area (Å²) >= 11 is 1.53. The van der Waals surface area contributed by atoms with Crippen LogP contribution < -0.4 is 4.74 Å². The lowest BCUT2D eigenvalue weighted by Crippen LogP contribution is -1.84. The minimum Gasteiger partial charge on any atom is -0.497 e. The third-order valence-electron chi connectivity index (χ3n) is 2.94. The Bertz CT molecular complexity index is 739. The first-order chi connectivity index (χ1) is 9.76. The molecule has 2 aromatic carbocycles. The van der Waals surface area contributed by atoms with Gasteiger partial charge in [0, 0.05) is 16.5 Å². The van der Waals surface area contributed by atoms with Gasteiger partial charge < -0.3 is 4.74 Å². The predicted molar refractivity (Wildman–Crippen MR) is 79.5 cm³/mol. The van der Waals surface area contributed by atoms with Gasteiger partial charge in [0.25, 0.3) is 0 Å². The lowest BCUT2D eigenvalue weighted by Gasteiger charge is -2.01. The number of methoxy groups -OCH3 is 1. The Hall–Kier alpha value is -2.20. The predicted octanol–water partition coefficient (Wildman–Crippen LogP) is 4.62. The number of ether oxygens (including phenoxy) is 1. The second-order valence-electron chi connectivity index (χ2n) is 4.28. The molecule has 0 radical (unpaired) electrons. The summed E-state index contributed by atoms with van der Waals surface area (Å²) in [6, 6.07) is 14.2. The lowest BCUT2D eigenvalue weighted by atomic mass is 10.1. The molecule has 0 atom stereocenters. The van der Waals surface area contributed by atoms with Gasteiger partial charge in [-0.15, -0.1) is 11.3 Å². The second kappa shape index (κ2) is 5.43. The number of halogens is 1. The molecule has 0 spiro atoms. The molecule has 0 N–H and O–H groups in total. The van der Waals surface area contributed by atoms with Gasteiger partial charge in [0.2, 0.25) is 0 Å². The molecule has 0 saturated carbocycles.